The highest BCUT2D eigenvalue weighted by Gasteiger charge is 2.16. The molecule has 0 bridgehead atoms. The van der Waals surface area contributed by atoms with Crippen molar-refractivity contribution in [1.29, 1.82) is 0 Å². The highest BCUT2D eigenvalue weighted by Crippen LogP contribution is 2.17. The first kappa shape index (κ1) is 20.0. The van der Waals surface area contributed by atoms with Crippen molar-refractivity contribution in [2.75, 3.05) is 52.9 Å². The molecule has 0 aromatic carbocycles. The van der Waals surface area contributed by atoms with Crippen molar-refractivity contribution < 1.29 is 0 Å². The predicted molar refractivity (Wildman–Crippen MR) is 105 cm³/mol. The van der Waals surface area contributed by atoms with Gasteiger partial charge in [0.1, 0.15) is 0 Å². The van der Waals surface area contributed by atoms with E-state index in [2.05, 4.69) is 34.4 Å². The molecule has 5 nitrogen and oxygen atoms in total. The zero-order chi connectivity index (χ0) is 14.9. The zero-order valence-corrected chi connectivity index (χ0v) is 16.6. The van der Waals surface area contributed by atoms with Crippen molar-refractivity contribution in [1.82, 2.24) is 20.4 Å². The van der Waals surface area contributed by atoms with Gasteiger partial charge in [0.05, 0.1) is 6.54 Å². The first-order chi connectivity index (χ1) is 10.3. The molecule has 0 spiro atoms. The fourth-order valence-corrected chi connectivity index (χ4v) is 3.21. The van der Waals surface area contributed by atoms with E-state index in [1.807, 2.05) is 0 Å². The normalized spacial score (nSPS) is 22.2. The van der Waals surface area contributed by atoms with Crippen LogP contribution in [0.25, 0.3) is 0 Å². The summed E-state index contributed by atoms with van der Waals surface area (Å²) in [6, 6.07) is 0.634. The lowest BCUT2D eigenvalue weighted by Crippen LogP contribution is -2.42. The molecule has 1 saturated heterocycles. The lowest BCUT2D eigenvalue weighted by molar-refractivity contribution is 0.283. The van der Waals surface area contributed by atoms with Crippen LogP contribution in [0.3, 0.4) is 0 Å². The molecule has 0 atom stereocenters. The fourth-order valence-electron chi connectivity index (χ4n) is 3.21. The van der Waals surface area contributed by atoms with Crippen LogP contribution in [0.4, 0.5) is 0 Å². The third-order valence-electron chi connectivity index (χ3n) is 4.54. The summed E-state index contributed by atoms with van der Waals surface area (Å²) in [6.45, 7) is 9.85. The predicted octanol–water partition coefficient (Wildman–Crippen LogP) is 1.74. The second kappa shape index (κ2) is 11.5. The van der Waals surface area contributed by atoms with Crippen LogP contribution in [-0.2, 0) is 0 Å². The van der Waals surface area contributed by atoms with Crippen molar-refractivity contribution >= 4 is 29.9 Å². The van der Waals surface area contributed by atoms with Gasteiger partial charge in [-0.3, -0.25) is 4.99 Å². The number of aliphatic imine (C=N–C) groups is 1. The Morgan fingerprint density at radius 3 is 2.59 bits per heavy atom. The number of likely N-dealkylation sites (N-methyl/N-ethyl adjacent to an activating group) is 1. The molecule has 0 unspecified atom stereocenters. The second-order valence-corrected chi connectivity index (χ2v) is 6.38. The molecule has 0 aromatic heterocycles. The minimum atomic E-state index is 0. The largest absolute Gasteiger partial charge is 0.357 e. The Labute approximate surface area is 153 Å². The Balaban J connectivity index is 0.00000242. The first-order valence-corrected chi connectivity index (χ1v) is 8.73. The SMILES string of the molecule is CCNC(=NCCN1CCCN(C)CC1)NC1CCCC1.I. The van der Waals surface area contributed by atoms with E-state index in [0.29, 0.717) is 6.04 Å². The molecule has 130 valence electrons. The molecule has 1 heterocycles. The highest BCUT2D eigenvalue weighted by atomic mass is 127. The van der Waals surface area contributed by atoms with Crippen molar-refractivity contribution in [3.8, 4) is 0 Å². The van der Waals surface area contributed by atoms with E-state index in [9.17, 15) is 0 Å². The van der Waals surface area contributed by atoms with E-state index < -0.39 is 0 Å². The topological polar surface area (TPSA) is 42.9 Å². The van der Waals surface area contributed by atoms with E-state index in [4.69, 9.17) is 4.99 Å². The van der Waals surface area contributed by atoms with E-state index in [1.165, 1.54) is 58.3 Å². The number of rotatable bonds is 5. The van der Waals surface area contributed by atoms with Gasteiger partial charge in [-0.1, -0.05) is 12.8 Å². The molecular weight excluding hydrogens is 389 g/mol. The van der Waals surface area contributed by atoms with Gasteiger partial charge in [-0.2, -0.15) is 0 Å². The van der Waals surface area contributed by atoms with E-state index in [0.717, 1.165) is 25.6 Å². The molecule has 22 heavy (non-hydrogen) atoms. The Bertz CT molecular complexity index is 318. The van der Waals surface area contributed by atoms with Gasteiger partial charge in [0, 0.05) is 32.2 Å². The summed E-state index contributed by atoms with van der Waals surface area (Å²) in [4.78, 5) is 9.73. The van der Waals surface area contributed by atoms with Crippen LogP contribution in [0, 0.1) is 0 Å². The molecule has 2 N–H and O–H groups in total. The van der Waals surface area contributed by atoms with E-state index in [1.54, 1.807) is 0 Å². The van der Waals surface area contributed by atoms with E-state index in [-0.39, 0.29) is 24.0 Å². The molecule has 2 aliphatic rings. The summed E-state index contributed by atoms with van der Waals surface area (Å²) in [6.07, 6.45) is 6.59. The Morgan fingerprint density at radius 2 is 1.86 bits per heavy atom. The van der Waals surface area contributed by atoms with Crippen LogP contribution in [-0.4, -0.2) is 74.7 Å². The summed E-state index contributed by atoms with van der Waals surface area (Å²) < 4.78 is 0. The molecule has 1 aliphatic carbocycles. The minimum Gasteiger partial charge on any atom is -0.357 e. The Kier molecular flexibility index (Phi) is 10.4. The van der Waals surface area contributed by atoms with Crippen LogP contribution in [0.5, 0.6) is 0 Å². The van der Waals surface area contributed by atoms with Gasteiger partial charge >= 0.3 is 0 Å². The van der Waals surface area contributed by atoms with Gasteiger partial charge < -0.3 is 20.4 Å². The van der Waals surface area contributed by atoms with Crippen LogP contribution in [0.15, 0.2) is 4.99 Å². The van der Waals surface area contributed by atoms with Gasteiger partial charge in [0.25, 0.3) is 0 Å². The number of nitrogens with one attached hydrogen (secondary N) is 2. The molecule has 2 fully saturated rings. The average Bonchev–Trinajstić information content (AvgIpc) is 2.88. The molecule has 0 radical (unpaired) electrons. The van der Waals surface area contributed by atoms with Crippen LogP contribution >= 0.6 is 24.0 Å². The van der Waals surface area contributed by atoms with Crippen LogP contribution < -0.4 is 10.6 Å². The number of hydrogen-bond donors (Lipinski definition) is 2. The molecule has 0 amide bonds. The highest BCUT2D eigenvalue weighted by molar-refractivity contribution is 14.0. The summed E-state index contributed by atoms with van der Waals surface area (Å²) in [5.41, 5.74) is 0. The van der Waals surface area contributed by atoms with Gasteiger partial charge in [0.15, 0.2) is 5.96 Å². The zero-order valence-electron chi connectivity index (χ0n) is 14.3. The van der Waals surface area contributed by atoms with Gasteiger partial charge in [-0.05, 0) is 46.3 Å². The van der Waals surface area contributed by atoms with Gasteiger partial charge in [0.2, 0.25) is 0 Å². The van der Waals surface area contributed by atoms with Gasteiger partial charge in [-0.15, -0.1) is 24.0 Å². The maximum atomic E-state index is 4.76. The monoisotopic (exact) mass is 423 g/mol. The quantitative estimate of drug-likeness (QED) is 0.402. The molecular formula is C16H34IN5. The van der Waals surface area contributed by atoms with E-state index >= 15 is 0 Å². The number of nitrogens with zero attached hydrogens (tertiary/aromatic N) is 3. The summed E-state index contributed by atoms with van der Waals surface area (Å²) in [7, 11) is 2.22. The van der Waals surface area contributed by atoms with Crippen molar-refractivity contribution in [3.05, 3.63) is 0 Å². The molecule has 2 rings (SSSR count). The van der Waals surface area contributed by atoms with Crippen molar-refractivity contribution in [2.45, 2.75) is 45.1 Å². The average molecular weight is 423 g/mol. The fraction of sp³-hybridized carbons (Fsp3) is 0.938. The Hall–Kier alpha value is -0.0800. The second-order valence-electron chi connectivity index (χ2n) is 6.38. The summed E-state index contributed by atoms with van der Waals surface area (Å²) in [5, 5.41) is 6.96. The summed E-state index contributed by atoms with van der Waals surface area (Å²) in [5.74, 6) is 1.01. The number of halogens is 1. The van der Waals surface area contributed by atoms with Gasteiger partial charge in [-0.25, -0.2) is 0 Å². The lowest BCUT2D eigenvalue weighted by atomic mass is 10.2. The summed E-state index contributed by atoms with van der Waals surface area (Å²) >= 11 is 0. The lowest BCUT2D eigenvalue weighted by Gasteiger charge is -2.20. The van der Waals surface area contributed by atoms with Crippen molar-refractivity contribution in [2.24, 2.45) is 4.99 Å². The van der Waals surface area contributed by atoms with Crippen LogP contribution in [0.1, 0.15) is 39.0 Å². The minimum absolute atomic E-state index is 0. The number of guanidine groups is 1. The van der Waals surface area contributed by atoms with Crippen LogP contribution in [0.2, 0.25) is 0 Å². The molecule has 1 aliphatic heterocycles. The maximum absolute atomic E-state index is 4.76. The van der Waals surface area contributed by atoms with Crippen molar-refractivity contribution in [3.63, 3.8) is 0 Å². The third-order valence-corrected chi connectivity index (χ3v) is 4.54. The Morgan fingerprint density at radius 1 is 1.09 bits per heavy atom. The smallest absolute Gasteiger partial charge is 0.191 e. The first-order valence-electron chi connectivity index (χ1n) is 8.73. The maximum Gasteiger partial charge on any atom is 0.191 e. The molecule has 6 heteroatoms. The third kappa shape index (κ3) is 7.46. The molecule has 1 saturated carbocycles. The number of hydrogen-bond acceptors (Lipinski definition) is 3. The standard InChI is InChI=1S/C16H33N5.HI/c1-3-17-16(19-15-7-4-5-8-15)18-9-12-21-11-6-10-20(2)13-14-21;/h15H,3-14H2,1-2H3,(H2,17,18,19);1H. The molecule has 0 aromatic rings.